The fourth-order valence-electron chi connectivity index (χ4n) is 3.30. The summed E-state index contributed by atoms with van der Waals surface area (Å²) < 4.78 is 1.66. The number of rotatable bonds is 4. The quantitative estimate of drug-likeness (QED) is 0.472. The lowest BCUT2D eigenvalue weighted by atomic mass is 10.0. The summed E-state index contributed by atoms with van der Waals surface area (Å²) in [6.45, 7) is 1.95. The van der Waals surface area contributed by atoms with Crippen LogP contribution in [0.4, 0.5) is 11.4 Å². The van der Waals surface area contributed by atoms with Gasteiger partial charge < -0.3 is 15.5 Å². The highest BCUT2D eigenvalue weighted by molar-refractivity contribution is 6.31. The smallest absolute Gasteiger partial charge is 0.259 e. The summed E-state index contributed by atoms with van der Waals surface area (Å²) in [6, 6.07) is 19.4. The van der Waals surface area contributed by atoms with Gasteiger partial charge in [0.15, 0.2) is 0 Å². The third-order valence-corrected chi connectivity index (χ3v) is 4.95. The Morgan fingerprint density at radius 2 is 1.76 bits per heavy atom. The number of nitrogens with zero attached hydrogens (tertiary/aromatic N) is 1. The number of nitrogen functional groups attached to an aromatic ring is 1. The number of hydrogen-bond donors (Lipinski definition) is 2. The second kappa shape index (κ2) is 7.45. The van der Waals surface area contributed by atoms with Gasteiger partial charge in [-0.3, -0.25) is 9.59 Å². The van der Waals surface area contributed by atoms with Crippen molar-refractivity contribution in [3.05, 3.63) is 100 Å². The molecule has 0 bridgehead atoms. The van der Waals surface area contributed by atoms with Crippen LogP contribution in [0.5, 0.6) is 0 Å². The number of aromatic nitrogens is 1. The van der Waals surface area contributed by atoms with Gasteiger partial charge in [0.25, 0.3) is 5.91 Å². The van der Waals surface area contributed by atoms with Crippen LogP contribution in [0.2, 0.25) is 5.02 Å². The Morgan fingerprint density at radius 1 is 1.00 bits per heavy atom. The number of pyridine rings is 1. The van der Waals surface area contributed by atoms with Crippen molar-refractivity contribution in [1.82, 2.24) is 4.40 Å². The summed E-state index contributed by atoms with van der Waals surface area (Å²) in [7, 11) is 0. The molecule has 0 saturated heterocycles. The number of anilines is 2. The van der Waals surface area contributed by atoms with Crippen LogP contribution >= 0.6 is 11.6 Å². The molecule has 3 N–H and O–H groups in total. The average molecular weight is 404 g/mol. The molecular formula is C23H18ClN3O2. The summed E-state index contributed by atoms with van der Waals surface area (Å²) in [4.78, 5) is 26.2. The third-order valence-electron chi connectivity index (χ3n) is 4.72. The Labute approximate surface area is 172 Å². The zero-order valence-electron chi connectivity index (χ0n) is 15.6. The van der Waals surface area contributed by atoms with E-state index < -0.39 is 5.91 Å². The SMILES string of the molecule is Cc1ccc(C(=O)c2c(N)c(C(=O)Nc3cccc(Cl)c3)c3ccccn23)cc1. The van der Waals surface area contributed by atoms with Gasteiger partial charge in [0.2, 0.25) is 5.78 Å². The fourth-order valence-corrected chi connectivity index (χ4v) is 3.49. The van der Waals surface area contributed by atoms with E-state index in [1.54, 1.807) is 65.2 Å². The Morgan fingerprint density at radius 3 is 2.48 bits per heavy atom. The number of fused-ring (bicyclic) bond motifs is 1. The van der Waals surface area contributed by atoms with E-state index in [9.17, 15) is 9.59 Å². The molecule has 2 heterocycles. The standard InChI is InChI=1S/C23H18ClN3O2/c1-14-8-10-15(11-9-14)22(28)21-20(25)19(18-7-2-3-12-27(18)21)23(29)26-17-6-4-5-16(24)13-17/h2-13H,25H2,1H3,(H,26,29). The van der Waals surface area contributed by atoms with Crippen LogP contribution in [0.3, 0.4) is 0 Å². The van der Waals surface area contributed by atoms with Crippen molar-refractivity contribution in [1.29, 1.82) is 0 Å². The van der Waals surface area contributed by atoms with E-state index >= 15 is 0 Å². The first-order valence-electron chi connectivity index (χ1n) is 9.02. The lowest BCUT2D eigenvalue weighted by Crippen LogP contribution is -2.14. The van der Waals surface area contributed by atoms with Crippen LogP contribution in [0.25, 0.3) is 5.52 Å². The van der Waals surface area contributed by atoms with Gasteiger partial charge in [0.05, 0.1) is 16.8 Å². The number of carbonyl (C=O) groups is 2. The maximum absolute atomic E-state index is 13.2. The zero-order valence-corrected chi connectivity index (χ0v) is 16.4. The van der Waals surface area contributed by atoms with E-state index in [4.69, 9.17) is 17.3 Å². The monoisotopic (exact) mass is 403 g/mol. The van der Waals surface area contributed by atoms with E-state index in [2.05, 4.69) is 5.32 Å². The van der Waals surface area contributed by atoms with Crippen LogP contribution in [0, 0.1) is 6.92 Å². The molecule has 29 heavy (non-hydrogen) atoms. The van der Waals surface area contributed by atoms with Gasteiger partial charge in [-0.2, -0.15) is 0 Å². The molecule has 2 aromatic carbocycles. The molecule has 0 saturated carbocycles. The molecule has 4 aromatic rings. The molecule has 0 atom stereocenters. The number of hydrogen-bond acceptors (Lipinski definition) is 3. The molecule has 4 rings (SSSR count). The van der Waals surface area contributed by atoms with Crippen molar-refractivity contribution in [3.8, 4) is 0 Å². The first-order chi connectivity index (χ1) is 14.0. The molecule has 6 heteroatoms. The first-order valence-corrected chi connectivity index (χ1v) is 9.40. The molecule has 0 spiro atoms. The Kier molecular flexibility index (Phi) is 4.82. The van der Waals surface area contributed by atoms with Gasteiger partial charge in [0, 0.05) is 22.5 Å². The topological polar surface area (TPSA) is 76.6 Å². The third kappa shape index (κ3) is 3.48. The van der Waals surface area contributed by atoms with E-state index in [-0.39, 0.29) is 22.7 Å². The molecule has 1 amide bonds. The van der Waals surface area contributed by atoms with Crippen molar-refractivity contribution < 1.29 is 9.59 Å². The van der Waals surface area contributed by atoms with Crippen molar-refractivity contribution in [2.45, 2.75) is 6.92 Å². The minimum Gasteiger partial charge on any atom is -0.396 e. The van der Waals surface area contributed by atoms with Crippen molar-refractivity contribution in [2.75, 3.05) is 11.1 Å². The summed E-state index contributed by atoms with van der Waals surface area (Å²) in [5.74, 6) is -0.651. The lowest BCUT2D eigenvalue weighted by Gasteiger charge is -2.06. The molecule has 144 valence electrons. The second-order valence-electron chi connectivity index (χ2n) is 6.75. The van der Waals surface area contributed by atoms with Gasteiger partial charge >= 0.3 is 0 Å². The van der Waals surface area contributed by atoms with E-state index in [0.29, 0.717) is 21.8 Å². The summed E-state index contributed by atoms with van der Waals surface area (Å²) >= 11 is 6.00. The minimum atomic E-state index is -0.406. The second-order valence-corrected chi connectivity index (χ2v) is 7.19. The maximum Gasteiger partial charge on any atom is 0.259 e. The zero-order chi connectivity index (χ0) is 20.5. The van der Waals surface area contributed by atoms with E-state index in [0.717, 1.165) is 5.56 Å². The number of amides is 1. The first kappa shape index (κ1) is 18.8. The number of carbonyl (C=O) groups excluding carboxylic acids is 2. The number of ketones is 1. The van der Waals surface area contributed by atoms with Crippen LogP contribution in [0.15, 0.2) is 72.9 Å². The number of halogens is 1. The molecular weight excluding hydrogens is 386 g/mol. The van der Waals surface area contributed by atoms with Crippen molar-refractivity contribution >= 4 is 40.2 Å². The molecule has 0 unspecified atom stereocenters. The summed E-state index contributed by atoms with van der Waals surface area (Å²) in [6.07, 6.45) is 1.73. The predicted molar refractivity (Wildman–Crippen MR) is 116 cm³/mol. The Balaban J connectivity index is 1.81. The normalized spacial score (nSPS) is 10.8. The van der Waals surface area contributed by atoms with Gasteiger partial charge in [0.1, 0.15) is 5.69 Å². The van der Waals surface area contributed by atoms with Gasteiger partial charge in [-0.15, -0.1) is 0 Å². The van der Waals surface area contributed by atoms with Gasteiger partial charge in [-0.25, -0.2) is 0 Å². The average Bonchev–Trinajstić information content (AvgIpc) is 3.00. The molecule has 5 nitrogen and oxygen atoms in total. The Hall–Kier alpha value is -3.57. The van der Waals surface area contributed by atoms with Gasteiger partial charge in [-0.05, 0) is 37.3 Å². The highest BCUT2D eigenvalue weighted by Gasteiger charge is 2.26. The van der Waals surface area contributed by atoms with Gasteiger partial charge in [-0.1, -0.05) is 53.6 Å². The maximum atomic E-state index is 13.2. The van der Waals surface area contributed by atoms with Crippen LogP contribution in [0.1, 0.15) is 32.0 Å². The number of aryl methyl sites for hydroxylation is 1. The number of nitrogens with one attached hydrogen (secondary N) is 1. The van der Waals surface area contributed by atoms with Crippen LogP contribution in [-0.4, -0.2) is 16.1 Å². The van der Waals surface area contributed by atoms with Crippen LogP contribution < -0.4 is 11.1 Å². The highest BCUT2D eigenvalue weighted by Crippen LogP contribution is 2.29. The number of nitrogens with two attached hydrogens (primary N) is 1. The predicted octanol–water partition coefficient (Wildman–Crippen LogP) is 4.97. The molecule has 0 fully saturated rings. The largest absolute Gasteiger partial charge is 0.396 e. The highest BCUT2D eigenvalue weighted by atomic mass is 35.5. The molecule has 0 radical (unpaired) electrons. The Bertz CT molecular complexity index is 1240. The van der Waals surface area contributed by atoms with E-state index in [1.807, 2.05) is 19.1 Å². The molecule has 0 aliphatic rings. The minimum absolute atomic E-state index is 0.140. The van der Waals surface area contributed by atoms with Crippen LogP contribution in [-0.2, 0) is 0 Å². The molecule has 0 aliphatic carbocycles. The van der Waals surface area contributed by atoms with Crippen molar-refractivity contribution in [3.63, 3.8) is 0 Å². The summed E-state index contributed by atoms with van der Waals surface area (Å²) in [5, 5.41) is 3.31. The molecule has 0 aliphatic heterocycles. The number of benzene rings is 2. The lowest BCUT2D eigenvalue weighted by molar-refractivity contribution is 0.102. The van der Waals surface area contributed by atoms with Crippen molar-refractivity contribution in [2.24, 2.45) is 0 Å². The van der Waals surface area contributed by atoms with E-state index in [1.165, 1.54) is 0 Å². The summed E-state index contributed by atoms with van der Waals surface area (Å²) in [5.41, 5.74) is 9.66. The fraction of sp³-hybridized carbons (Fsp3) is 0.0435. The molecule has 2 aromatic heterocycles.